The Hall–Kier alpha value is -0.260. The molecule has 114 valence electrons. The summed E-state index contributed by atoms with van der Waals surface area (Å²) in [6.45, 7) is 7.11. The molecule has 2 aromatic heterocycles. The molecule has 1 aliphatic rings. The van der Waals surface area contributed by atoms with Crippen LogP contribution in [0.4, 0.5) is 0 Å². The first-order chi connectivity index (χ1) is 9.94. The maximum atomic E-state index is 4.75. The van der Waals surface area contributed by atoms with Crippen LogP contribution in [0.15, 0.2) is 10.2 Å². The van der Waals surface area contributed by atoms with Gasteiger partial charge in [0.2, 0.25) is 0 Å². The number of nitrogens with zero attached hydrogens (tertiary/aromatic N) is 2. The second-order valence-electron chi connectivity index (χ2n) is 6.71. The van der Waals surface area contributed by atoms with E-state index in [-0.39, 0.29) is 0 Å². The van der Waals surface area contributed by atoms with E-state index in [2.05, 4.69) is 33.3 Å². The van der Waals surface area contributed by atoms with E-state index in [1.165, 1.54) is 35.0 Å². The Morgan fingerprint density at radius 2 is 1.90 bits per heavy atom. The van der Waals surface area contributed by atoms with E-state index in [0.717, 1.165) is 16.1 Å². The molecule has 0 bridgehead atoms. The van der Waals surface area contributed by atoms with Crippen molar-refractivity contribution in [2.45, 2.75) is 50.2 Å². The molecule has 5 heteroatoms. The molecule has 2 heterocycles. The summed E-state index contributed by atoms with van der Waals surface area (Å²) in [7, 11) is 0. The van der Waals surface area contributed by atoms with Crippen molar-refractivity contribution in [1.29, 1.82) is 0 Å². The van der Waals surface area contributed by atoms with Crippen LogP contribution in [-0.4, -0.2) is 22.5 Å². The smallest absolute Gasteiger partial charge is 0.189 e. The Bertz CT molecular complexity index is 670. The highest BCUT2D eigenvalue weighted by atomic mass is 32.2. The number of thioether (sulfide) groups is 2. The molecule has 0 aromatic carbocycles. The van der Waals surface area contributed by atoms with Gasteiger partial charge in [0.15, 0.2) is 5.16 Å². The van der Waals surface area contributed by atoms with Crippen molar-refractivity contribution in [1.82, 2.24) is 9.97 Å². The van der Waals surface area contributed by atoms with Gasteiger partial charge in [-0.15, -0.1) is 23.1 Å². The van der Waals surface area contributed by atoms with Crippen LogP contribution in [0.1, 0.15) is 37.6 Å². The largest absolute Gasteiger partial charge is 0.215 e. The highest BCUT2D eigenvalue weighted by molar-refractivity contribution is 7.99. The SMILES string of the molecule is CSc1nc(SC)c2c3c(sc2n1)C[C@H](C(C)(C)C)CC3. The highest BCUT2D eigenvalue weighted by Crippen LogP contribution is 2.44. The van der Waals surface area contributed by atoms with Crippen molar-refractivity contribution in [2.24, 2.45) is 11.3 Å². The summed E-state index contributed by atoms with van der Waals surface area (Å²) in [5, 5.41) is 3.40. The third kappa shape index (κ3) is 2.84. The van der Waals surface area contributed by atoms with Crippen LogP contribution in [-0.2, 0) is 12.8 Å². The standard InChI is InChI=1S/C16H22N2S3/c1-16(2,3)9-6-7-10-11(8-9)21-14-12(10)13(19-4)17-15(18-14)20-5/h9H,6-8H2,1-5H3/t9-/m1/s1. The monoisotopic (exact) mass is 338 g/mol. The Kier molecular flexibility index (Phi) is 4.27. The molecule has 0 saturated carbocycles. The van der Waals surface area contributed by atoms with Gasteiger partial charge >= 0.3 is 0 Å². The van der Waals surface area contributed by atoms with Crippen molar-refractivity contribution in [3.8, 4) is 0 Å². The number of aryl methyl sites for hydroxylation is 1. The molecule has 0 N–H and O–H groups in total. The highest BCUT2D eigenvalue weighted by Gasteiger charge is 2.31. The lowest BCUT2D eigenvalue weighted by Gasteiger charge is -2.33. The maximum Gasteiger partial charge on any atom is 0.189 e. The Labute approximate surface area is 139 Å². The molecular weight excluding hydrogens is 316 g/mol. The lowest BCUT2D eigenvalue weighted by molar-refractivity contribution is 0.218. The van der Waals surface area contributed by atoms with Gasteiger partial charge in [0.25, 0.3) is 0 Å². The lowest BCUT2D eigenvalue weighted by atomic mass is 9.72. The zero-order valence-electron chi connectivity index (χ0n) is 13.3. The number of hydrogen-bond donors (Lipinski definition) is 0. The molecule has 0 fully saturated rings. The number of hydrogen-bond acceptors (Lipinski definition) is 5. The summed E-state index contributed by atoms with van der Waals surface area (Å²) in [5.74, 6) is 0.781. The Balaban J connectivity index is 2.11. The topological polar surface area (TPSA) is 25.8 Å². The quantitative estimate of drug-likeness (QED) is 0.422. The fourth-order valence-electron chi connectivity index (χ4n) is 3.10. The lowest BCUT2D eigenvalue weighted by Crippen LogP contribution is -2.26. The van der Waals surface area contributed by atoms with Gasteiger partial charge in [-0.2, -0.15) is 0 Å². The van der Waals surface area contributed by atoms with E-state index >= 15 is 0 Å². The summed E-state index contributed by atoms with van der Waals surface area (Å²) >= 11 is 5.29. The third-order valence-electron chi connectivity index (χ3n) is 4.46. The number of aromatic nitrogens is 2. The van der Waals surface area contributed by atoms with E-state index in [0.29, 0.717) is 5.41 Å². The fraction of sp³-hybridized carbons (Fsp3) is 0.625. The van der Waals surface area contributed by atoms with Crippen molar-refractivity contribution < 1.29 is 0 Å². The molecule has 0 spiro atoms. The van der Waals surface area contributed by atoms with Gasteiger partial charge in [0.1, 0.15) is 9.86 Å². The van der Waals surface area contributed by atoms with E-state index < -0.39 is 0 Å². The number of fused-ring (bicyclic) bond motifs is 3. The molecule has 0 aliphatic heterocycles. The second kappa shape index (κ2) is 5.74. The van der Waals surface area contributed by atoms with Crippen molar-refractivity contribution >= 4 is 45.1 Å². The summed E-state index contributed by atoms with van der Waals surface area (Å²) < 4.78 is 0. The molecule has 21 heavy (non-hydrogen) atoms. The molecule has 0 saturated heterocycles. The van der Waals surface area contributed by atoms with Crippen LogP contribution >= 0.6 is 34.9 Å². The second-order valence-corrected chi connectivity index (χ2v) is 9.36. The molecular formula is C16H22N2S3. The fourth-order valence-corrected chi connectivity index (χ4v) is 5.55. The van der Waals surface area contributed by atoms with Crippen LogP contribution in [0.2, 0.25) is 0 Å². The van der Waals surface area contributed by atoms with Crippen LogP contribution in [0.3, 0.4) is 0 Å². The maximum absolute atomic E-state index is 4.75. The van der Waals surface area contributed by atoms with E-state index in [4.69, 9.17) is 9.97 Å². The summed E-state index contributed by atoms with van der Waals surface area (Å²) in [4.78, 5) is 12.2. The van der Waals surface area contributed by atoms with Gasteiger partial charge in [-0.1, -0.05) is 32.5 Å². The molecule has 2 nitrogen and oxygen atoms in total. The minimum absolute atomic E-state index is 0.395. The molecule has 0 unspecified atom stereocenters. The van der Waals surface area contributed by atoms with Gasteiger partial charge in [-0.05, 0) is 48.7 Å². The van der Waals surface area contributed by atoms with Crippen LogP contribution in [0, 0.1) is 11.3 Å². The van der Waals surface area contributed by atoms with Crippen LogP contribution in [0.25, 0.3) is 10.2 Å². The average molecular weight is 339 g/mol. The van der Waals surface area contributed by atoms with Crippen molar-refractivity contribution in [2.75, 3.05) is 12.5 Å². The van der Waals surface area contributed by atoms with Gasteiger partial charge in [-0.25, -0.2) is 9.97 Å². The predicted octanol–water partition coefficient (Wildman–Crippen LogP) is 5.29. The van der Waals surface area contributed by atoms with Gasteiger partial charge < -0.3 is 0 Å². The van der Waals surface area contributed by atoms with Crippen LogP contribution < -0.4 is 0 Å². The minimum Gasteiger partial charge on any atom is -0.215 e. The predicted molar refractivity (Wildman–Crippen MR) is 95.9 cm³/mol. The Morgan fingerprint density at radius 1 is 1.14 bits per heavy atom. The molecule has 0 radical (unpaired) electrons. The zero-order valence-corrected chi connectivity index (χ0v) is 15.8. The first-order valence-corrected chi connectivity index (χ1v) is 10.6. The zero-order chi connectivity index (χ0) is 15.2. The van der Waals surface area contributed by atoms with Gasteiger partial charge in [-0.3, -0.25) is 0 Å². The molecule has 2 aromatic rings. The molecule has 3 rings (SSSR count). The summed E-state index contributed by atoms with van der Waals surface area (Å²) in [5.41, 5.74) is 1.93. The van der Waals surface area contributed by atoms with Crippen LogP contribution in [0.5, 0.6) is 0 Å². The van der Waals surface area contributed by atoms with Gasteiger partial charge in [0.05, 0.1) is 0 Å². The first kappa shape index (κ1) is 15.6. The minimum atomic E-state index is 0.395. The Morgan fingerprint density at radius 3 is 2.52 bits per heavy atom. The molecule has 0 amide bonds. The molecule has 1 aliphatic carbocycles. The van der Waals surface area contributed by atoms with E-state index in [1.807, 2.05) is 11.3 Å². The average Bonchev–Trinajstić information content (AvgIpc) is 2.82. The van der Waals surface area contributed by atoms with Gasteiger partial charge in [0, 0.05) is 10.3 Å². The summed E-state index contributed by atoms with van der Waals surface area (Å²) in [6, 6.07) is 0. The van der Waals surface area contributed by atoms with E-state index in [9.17, 15) is 0 Å². The number of rotatable bonds is 2. The van der Waals surface area contributed by atoms with Crippen molar-refractivity contribution in [3.63, 3.8) is 0 Å². The third-order valence-corrected chi connectivity index (χ3v) is 6.83. The first-order valence-electron chi connectivity index (χ1n) is 7.34. The van der Waals surface area contributed by atoms with Crippen molar-refractivity contribution in [3.05, 3.63) is 10.4 Å². The number of thiophene rings is 1. The molecule has 1 atom stereocenters. The normalized spacial score (nSPS) is 19.0. The summed E-state index contributed by atoms with van der Waals surface area (Å²) in [6.07, 6.45) is 7.86. The van der Waals surface area contributed by atoms with E-state index in [1.54, 1.807) is 28.4 Å².